The molecule has 0 aliphatic heterocycles. The number of carbonyl (C=O) groups excluding carboxylic acids is 2. The van der Waals surface area contributed by atoms with Gasteiger partial charge in [-0.15, -0.1) is 0 Å². The van der Waals surface area contributed by atoms with E-state index >= 15 is 0 Å². The van der Waals surface area contributed by atoms with Crippen LogP contribution in [0.1, 0.15) is 37.4 Å². The van der Waals surface area contributed by atoms with E-state index in [4.69, 9.17) is 4.74 Å². The van der Waals surface area contributed by atoms with Gasteiger partial charge in [-0.25, -0.2) is 0 Å². The first-order chi connectivity index (χ1) is 19.2. The van der Waals surface area contributed by atoms with Crippen LogP contribution < -0.4 is 4.74 Å². The third-order valence-electron chi connectivity index (χ3n) is 6.54. The Balaban J connectivity index is 1.52. The Bertz CT molecular complexity index is 1490. The Kier molecular flexibility index (Phi) is 8.25. The fraction of sp³-hybridized carbons (Fsp3) is 0.0857. The van der Waals surface area contributed by atoms with Crippen LogP contribution >= 0.6 is 0 Å². The number of hydrogen-bond donors (Lipinski definition) is 0. The molecule has 0 saturated carbocycles. The lowest BCUT2D eigenvalue weighted by atomic mass is 9.96. The fourth-order valence-corrected chi connectivity index (χ4v) is 4.57. The lowest BCUT2D eigenvalue weighted by Crippen LogP contribution is -2.30. The van der Waals surface area contributed by atoms with Gasteiger partial charge in [-0.2, -0.15) is 0 Å². The van der Waals surface area contributed by atoms with Crippen LogP contribution in [-0.2, 0) is 19.7 Å². The summed E-state index contributed by atoms with van der Waals surface area (Å²) in [4.78, 5) is 27.8. The summed E-state index contributed by atoms with van der Waals surface area (Å²) in [6.45, 7) is 1.31. The van der Waals surface area contributed by atoms with E-state index in [0.29, 0.717) is 42.1 Å². The van der Waals surface area contributed by atoms with E-state index in [1.165, 1.54) is 0 Å². The molecule has 0 spiro atoms. The van der Waals surface area contributed by atoms with Crippen LogP contribution in [0.5, 0.6) is 5.75 Å². The zero-order valence-electron chi connectivity index (χ0n) is 21.6. The maximum Gasteiger partial charge on any atom is 0.255 e. The Morgan fingerprint density at radius 3 is 1.74 bits per heavy atom. The van der Waals surface area contributed by atoms with Crippen LogP contribution in [0.4, 0.5) is 0 Å². The van der Waals surface area contributed by atoms with Crippen molar-refractivity contribution < 1.29 is 14.3 Å². The van der Waals surface area contributed by atoms with Crippen molar-refractivity contribution in [3.8, 4) is 16.9 Å². The molecule has 4 nitrogen and oxygen atoms in total. The minimum atomic E-state index is -0.0937. The second-order valence-corrected chi connectivity index (χ2v) is 9.33. The molecule has 39 heavy (non-hydrogen) atoms. The minimum absolute atomic E-state index is 0.0937. The Labute approximate surface area is 229 Å². The van der Waals surface area contributed by atoms with E-state index in [1.807, 2.05) is 120 Å². The Morgan fingerprint density at radius 2 is 1.15 bits per heavy atom. The molecule has 5 aromatic rings. The van der Waals surface area contributed by atoms with E-state index in [-0.39, 0.29) is 5.91 Å². The summed E-state index contributed by atoms with van der Waals surface area (Å²) >= 11 is 0. The first kappa shape index (κ1) is 25.7. The van der Waals surface area contributed by atoms with Crippen molar-refractivity contribution >= 4 is 12.2 Å². The average molecular weight is 512 g/mol. The number of nitrogens with zero attached hydrogens (tertiary/aromatic N) is 1. The van der Waals surface area contributed by atoms with Crippen LogP contribution in [-0.4, -0.2) is 17.1 Å². The zero-order valence-corrected chi connectivity index (χ0v) is 21.6. The summed E-state index contributed by atoms with van der Waals surface area (Å²) < 4.78 is 6.22. The van der Waals surface area contributed by atoms with Gasteiger partial charge < -0.3 is 9.64 Å². The van der Waals surface area contributed by atoms with Crippen LogP contribution in [0.15, 0.2) is 133 Å². The van der Waals surface area contributed by atoms with Crippen molar-refractivity contribution in [3.63, 3.8) is 0 Å². The highest BCUT2D eigenvalue weighted by molar-refractivity contribution is 6.02. The number of rotatable bonds is 10. The normalized spacial score (nSPS) is 10.6. The number of amides is 1. The summed E-state index contributed by atoms with van der Waals surface area (Å²) in [5.41, 5.74) is 5.63. The molecule has 1 amide bonds. The van der Waals surface area contributed by atoms with E-state index in [9.17, 15) is 9.59 Å². The Morgan fingerprint density at radius 1 is 0.615 bits per heavy atom. The maximum atomic E-state index is 14.2. The first-order valence-electron chi connectivity index (χ1n) is 12.9. The molecule has 4 heteroatoms. The highest BCUT2D eigenvalue weighted by atomic mass is 16.5. The van der Waals surface area contributed by atoms with Crippen molar-refractivity contribution in [2.75, 3.05) is 0 Å². The van der Waals surface area contributed by atoms with Crippen molar-refractivity contribution in [1.82, 2.24) is 4.90 Å². The standard InChI is InChI=1S/C35H29NO3/c37-25-30-20-21-34(39-26-29-16-8-3-9-17-29)33(22-30)31-18-10-11-19-32(31)35(38)36(23-27-12-4-1-5-13-27)24-28-14-6-2-7-15-28/h1-22,25H,23-24,26H2. The summed E-state index contributed by atoms with van der Waals surface area (Å²) in [5.74, 6) is 0.520. The SMILES string of the molecule is O=Cc1ccc(OCc2ccccc2)c(-c2ccccc2C(=O)N(Cc2ccccc2)Cc2ccccc2)c1. The van der Waals surface area contributed by atoms with Crippen LogP contribution in [0, 0.1) is 0 Å². The molecule has 0 saturated heterocycles. The van der Waals surface area contributed by atoms with Crippen molar-refractivity contribution in [1.29, 1.82) is 0 Å². The van der Waals surface area contributed by atoms with Crippen molar-refractivity contribution in [2.24, 2.45) is 0 Å². The molecular formula is C35H29NO3. The number of aldehydes is 1. The second kappa shape index (κ2) is 12.5. The van der Waals surface area contributed by atoms with Gasteiger partial charge in [-0.05, 0) is 46.5 Å². The van der Waals surface area contributed by atoms with Gasteiger partial charge in [0.1, 0.15) is 18.6 Å². The van der Waals surface area contributed by atoms with E-state index in [1.54, 1.807) is 18.2 Å². The van der Waals surface area contributed by atoms with Crippen LogP contribution in [0.3, 0.4) is 0 Å². The smallest absolute Gasteiger partial charge is 0.255 e. The molecule has 0 heterocycles. The third kappa shape index (κ3) is 6.49. The largest absolute Gasteiger partial charge is 0.488 e. The molecule has 5 aromatic carbocycles. The van der Waals surface area contributed by atoms with E-state index in [0.717, 1.165) is 28.5 Å². The molecule has 0 N–H and O–H groups in total. The molecule has 0 unspecified atom stereocenters. The van der Waals surface area contributed by atoms with Gasteiger partial charge in [-0.3, -0.25) is 9.59 Å². The van der Waals surface area contributed by atoms with Gasteiger partial charge in [0.2, 0.25) is 0 Å². The predicted octanol–water partition coefficient (Wildman–Crippen LogP) is 7.59. The monoisotopic (exact) mass is 511 g/mol. The van der Waals surface area contributed by atoms with Gasteiger partial charge in [-0.1, -0.05) is 109 Å². The maximum absolute atomic E-state index is 14.2. The molecule has 0 atom stereocenters. The third-order valence-corrected chi connectivity index (χ3v) is 6.54. The van der Waals surface area contributed by atoms with Gasteiger partial charge in [0.15, 0.2) is 0 Å². The van der Waals surface area contributed by atoms with Crippen molar-refractivity contribution in [3.05, 3.63) is 161 Å². The topological polar surface area (TPSA) is 46.6 Å². The molecule has 0 radical (unpaired) electrons. The minimum Gasteiger partial charge on any atom is -0.488 e. The van der Waals surface area contributed by atoms with E-state index < -0.39 is 0 Å². The summed E-state index contributed by atoms with van der Waals surface area (Å²) in [6, 6.07) is 42.7. The van der Waals surface area contributed by atoms with Crippen LogP contribution in [0.2, 0.25) is 0 Å². The Hall–Kier alpha value is -4.96. The van der Waals surface area contributed by atoms with Gasteiger partial charge >= 0.3 is 0 Å². The van der Waals surface area contributed by atoms with Crippen LogP contribution in [0.25, 0.3) is 11.1 Å². The average Bonchev–Trinajstić information content (AvgIpc) is 3.01. The predicted molar refractivity (Wildman–Crippen MR) is 155 cm³/mol. The number of carbonyl (C=O) groups is 2. The van der Waals surface area contributed by atoms with Gasteiger partial charge in [0.05, 0.1) is 0 Å². The molecule has 0 aromatic heterocycles. The fourth-order valence-electron chi connectivity index (χ4n) is 4.57. The highest BCUT2D eigenvalue weighted by Crippen LogP contribution is 2.35. The molecule has 5 rings (SSSR count). The highest BCUT2D eigenvalue weighted by Gasteiger charge is 2.22. The summed E-state index contributed by atoms with van der Waals surface area (Å²) in [6.07, 6.45) is 0.812. The first-order valence-corrected chi connectivity index (χ1v) is 12.9. The summed E-state index contributed by atoms with van der Waals surface area (Å²) in [7, 11) is 0. The molecular weight excluding hydrogens is 482 g/mol. The van der Waals surface area contributed by atoms with E-state index in [2.05, 4.69) is 0 Å². The molecule has 0 fully saturated rings. The molecule has 192 valence electrons. The van der Waals surface area contributed by atoms with Crippen molar-refractivity contribution in [2.45, 2.75) is 19.7 Å². The number of hydrogen-bond acceptors (Lipinski definition) is 3. The zero-order chi connectivity index (χ0) is 26.9. The number of benzene rings is 5. The molecule has 0 aliphatic carbocycles. The second-order valence-electron chi connectivity index (χ2n) is 9.33. The van der Waals surface area contributed by atoms with Gasteiger partial charge in [0, 0.05) is 29.8 Å². The van der Waals surface area contributed by atoms with Gasteiger partial charge in [0.25, 0.3) is 5.91 Å². The lowest BCUT2D eigenvalue weighted by Gasteiger charge is -2.25. The molecule has 0 aliphatic rings. The lowest BCUT2D eigenvalue weighted by molar-refractivity contribution is 0.0730. The molecule has 0 bridgehead atoms. The summed E-state index contributed by atoms with van der Waals surface area (Å²) in [5, 5.41) is 0. The number of ether oxygens (including phenoxy) is 1. The quantitative estimate of drug-likeness (QED) is 0.182.